The molecule has 0 amide bonds. The number of rotatable bonds is 14. The van der Waals surface area contributed by atoms with Crippen LogP contribution in [0.15, 0.2) is 12.2 Å². The molecule has 140 valence electrons. The molecule has 24 heavy (non-hydrogen) atoms. The summed E-state index contributed by atoms with van der Waals surface area (Å²) in [7, 11) is 5.86. The molecule has 0 saturated heterocycles. The first-order valence-electron chi connectivity index (χ1n) is 9.11. The molecule has 0 spiro atoms. The summed E-state index contributed by atoms with van der Waals surface area (Å²) in [4.78, 5) is 22.8. The smallest absolute Gasteiger partial charge is 0.307 e. The standard InChI is InChI=1S/C19H35NO4/c1-5-6-7-8-9-10-11-12-13-14-19(23)24-17(15-18(21)22)16-20(2,3)4/h10-11,17H,5-9,12-16H2,1-4H3/p+1/t17-/m1/s1. The van der Waals surface area contributed by atoms with E-state index in [2.05, 4.69) is 19.1 Å². The maximum absolute atomic E-state index is 11.9. The third-order valence-electron chi connectivity index (χ3n) is 3.59. The molecule has 1 atom stereocenters. The second kappa shape index (κ2) is 13.0. The SMILES string of the molecule is CCCCCCC=CCCCC(=O)O[C@H](CC(=O)O)C[N+](C)(C)C. The van der Waals surface area contributed by atoms with Crippen molar-refractivity contribution in [2.45, 2.75) is 70.8 Å². The van der Waals surface area contributed by atoms with Gasteiger partial charge >= 0.3 is 11.9 Å². The van der Waals surface area contributed by atoms with Crippen LogP contribution in [0.25, 0.3) is 0 Å². The number of unbranched alkanes of at least 4 members (excludes halogenated alkanes) is 5. The molecule has 0 heterocycles. The lowest BCUT2D eigenvalue weighted by Gasteiger charge is -2.28. The molecule has 0 aliphatic carbocycles. The summed E-state index contributed by atoms with van der Waals surface area (Å²) in [6, 6.07) is 0. The molecule has 5 nitrogen and oxygen atoms in total. The Balaban J connectivity index is 3.95. The van der Waals surface area contributed by atoms with Gasteiger partial charge in [0.1, 0.15) is 6.54 Å². The van der Waals surface area contributed by atoms with E-state index < -0.39 is 12.1 Å². The minimum absolute atomic E-state index is 0.140. The normalized spacial score (nSPS) is 13.2. The van der Waals surface area contributed by atoms with Crippen LogP contribution in [0.4, 0.5) is 0 Å². The Morgan fingerprint density at radius 3 is 2.21 bits per heavy atom. The van der Waals surface area contributed by atoms with Crippen molar-refractivity contribution in [3.05, 3.63) is 12.2 Å². The fraction of sp³-hybridized carbons (Fsp3) is 0.789. The van der Waals surface area contributed by atoms with Gasteiger partial charge in [-0.15, -0.1) is 0 Å². The third-order valence-corrected chi connectivity index (χ3v) is 3.59. The number of hydrogen-bond donors (Lipinski definition) is 1. The summed E-state index contributed by atoms with van der Waals surface area (Å²) in [5.41, 5.74) is 0. The van der Waals surface area contributed by atoms with Gasteiger partial charge in [0.2, 0.25) is 0 Å². The highest BCUT2D eigenvalue weighted by Gasteiger charge is 2.24. The molecule has 0 saturated carbocycles. The predicted molar refractivity (Wildman–Crippen MR) is 96.8 cm³/mol. The number of carboxylic acids is 1. The monoisotopic (exact) mass is 342 g/mol. The minimum Gasteiger partial charge on any atom is -0.481 e. The number of carbonyl (C=O) groups is 2. The predicted octanol–water partition coefficient (Wildman–Crippen LogP) is 3.78. The van der Waals surface area contributed by atoms with Gasteiger partial charge in [-0.3, -0.25) is 9.59 Å². The summed E-state index contributed by atoms with van der Waals surface area (Å²) >= 11 is 0. The first kappa shape index (κ1) is 22.6. The van der Waals surface area contributed by atoms with Gasteiger partial charge in [-0.05, 0) is 25.7 Å². The average molecular weight is 343 g/mol. The van der Waals surface area contributed by atoms with Gasteiger partial charge in [-0.2, -0.15) is 0 Å². The lowest BCUT2D eigenvalue weighted by atomic mass is 10.1. The van der Waals surface area contributed by atoms with Crippen molar-refractivity contribution in [2.75, 3.05) is 27.7 Å². The minimum atomic E-state index is -0.938. The number of aliphatic carboxylic acids is 1. The number of quaternary nitrogens is 1. The van der Waals surface area contributed by atoms with Crippen LogP contribution in [0.2, 0.25) is 0 Å². The average Bonchev–Trinajstić information content (AvgIpc) is 2.42. The lowest BCUT2D eigenvalue weighted by molar-refractivity contribution is -0.873. The van der Waals surface area contributed by atoms with E-state index in [1.165, 1.54) is 25.7 Å². The summed E-state index contributed by atoms with van der Waals surface area (Å²) in [5, 5.41) is 8.94. The first-order chi connectivity index (χ1) is 11.2. The maximum Gasteiger partial charge on any atom is 0.307 e. The van der Waals surface area contributed by atoms with Crippen LogP contribution >= 0.6 is 0 Å². The number of carboxylic acid groups (broad SMARTS) is 1. The highest BCUT2D eigenvalue weighted by Crippen LogP contribution is 2.09. The topological polar surface area (TPSA) is 63.6 Å². The van der Waals surface area contributed by atoms with Crippen molar-refractivity contribution in [2.24, 2.45) is 0 Å². The van der Waals surface area contributed by atoms with E-state index in [1.54, 1.807) is 0 Å². The highest BCUT2D eigenvalue weighted by atomic mass is 16.5. The second-order valence-corrected chi connectivity index (χ2v) is 7.40. The van der Waals surface area contributed by atoms with Crippen LogP contribution in [0.1, 0.15) is 64.7 Å². The van der Waals surface area contributed by atoms with Gasteiger partial charge in [0.15, 0.2) is 6.10 Å². The molecular formula is C19H36NO4+. The van der Waals surface area contributed by atoms with Crippen LogP contribution in [-0.2, 0) is 14.3 Å². The van der Waals surface area contributed by atoms with Crippen LogP contribution in [0.3, 0.4) is 0 Å². The Bertz CT molecular complexity index is 385. The lowest BCUT2D eigenvalue weighted by Crippen LogP contribution is -2.43. The Morgan fingerprint density at radius 2 is 1.67 bits per heavy atom. The summed E-state index contributed by atoms with van der Waals surface area (Å²) in [5.74, 6) is -1.24. The fourth-order valence-electron chi connectivity index (χ4n) is 2.48. The van der Waals surface area contributed by atoms with Crippen molar-refractivity contribution in [1.82, 2.24) is 0 Å². The molecule has 0 rings (SSSR count). The quantitative estimate of drug-likeness (QED) is 0.226. The summed E-state index contributed by atoms with van der Waals surface area (Å²) < 4.78 is 5.91. The molecular weight excluding hydrogens is 306 g/mol. The van der Waals surface area contributed by atoms with Crippen molar-refractivity contribution >= 4 is 11.9 Å². The van der Waals surface area contributed by atoms with Crippen LogP contribution in [0.5, 0.6) is 0 Å². The summed E-state index contributed by atoms with van der Waals surface area (Å²) in [6.45, 7) is 2.70. The number of ether oxygens (including phenoxy) is 1. The Hall–Kier alpha value is -1.36. The fourth-order valence-corrected chi connectivity index (χ4v) is 2.48. The van der Waals surface area contributed by atoms with E-state index in [9.17, 15) is 9.59 Å². The van der Waals surface area contributed by atoms with E-state index >= 15 is 0 Å². The number of nitrogens with zero attached hydrogens (tertiary/aromatic N) is 1. The van der Waals surface area contributed by atoms with Crippen molar-refractivity contribution in [3.63, 3.8) is 0 Å². The van der Waals surface area contributed by atoms with Gasteiger partial charge in [-0.25, -0.2) is 0 Å². The molecule has 0 aromatic rings. The van der Waals surface area contributed by atoms with E-state index in [0.717, 1.165) is 19.3 Å². The Morgan fingerprint density at radius 1 is 1.04 bits per heavy atom. The molecule has 0 aliphatic heterocycles. The number of esters is 1. The molecule has 1 N–H and O–H groups in total. The highest BCUT2D eigenvalue weighted by molar-refractivity contribution is 5.71. The number of carbonyl (C=O) groups excluding carboxylic acids is 1. The maximum atomic E-state index is 11.9. The van der Waals surface area contributed by atoms with E-state index in [1.807, 2.05) is 21.1 Å². The zero-order chi connectivity index (χ0) is 18.4. The largest absolute Gasteiger partial charge is 0.481 e. The first-order valence-corrected chi connectivity index (χ1v) is 9.11. The molecule has 0 radical (unpaired) electrons. The zero-order valence-corrected chi connectivity index (χ0v) is 15.9. The van der Waals surface area contributed by atoms with Crippen LogP contribution in [0, 0.1) is 0 Å². The Kier molecular flexibility index (Phi) is 12.3. The number of likely N-dealkylation sites (N-methyl/N-ethyl adjacent to an activating group) is 1. The molecule has 0 aromatic carbocycles. The van der Waals surface area contributed by atoms with Gasteiger partial charge < -0.3 is 14.3 Å². The van der Waals surface area contributed by atoms with Gasteiger partial charge in [0.05, 0.1) is 27.6 Å². The summed E-state index contributed by atoms with van der Waals surface area (Å²) in [6.07, 6.45) is 11.7. The van der Waals surface area contributed by atoms with Crippen molar-refractivity contribution < 1.29 is 23.9 Å². The van der Waals surface area contributed by atoms with Crippen molar-refractivity contribution in [3.8, 4) is 0 Å². The molecule has 5 heteroatoms. The van der Waals surface area contributed by atoms with Crippen LogP contribution < -0.4 is 0 Å². The van der Waals surface area contributed by atoms with Crippen molar-refractivity contribution in [1.29, 1.82) is 0 Å². The van der Waals surface area contributed by atoms with E-state index in [4.69, 9.17) is 9.84 Å². The van der Waals surface area contributed by atoms with Gasteiger partial charge in [0, 0.05) is 6.42 Å². The van der Waals surface area contributed by atoms with Crippen LogP contribution in [-0.4, -0.2) is 55.3 Å². The number of hydrogen-bond acceptors (Lipinski definition) is 3. The zero-order valence-electron chi connectivity index (χ0n) is 15.9. The molecule has 0 aliphatic rings. The Labute approximate surface area is 147 Å². The molecule has 0 bridgehead atoms. The van der Waals surface area contributed by atoms with Gasteiger partial charge in [0.25, 0.3) is 0 Å². The molecule has 0 aromatic heterocycles. The number of allylic oxidation sites excluding steroid dienone is 2. The van der Waals surface area contributed by atoms with E-state index in [-0.39, 0.29) is 12.4 Å². The van der Waals surface area contributed by atoms with Gasteiger partial charge in [-0.1, -0.05) is 38.3 Å². The molecule has 0 fully saturated rings. The van der Waals surface area contributed by atoms with E-state index in [0.29, 0.717) is 17.4 Å². The second-order valence-electron chi connectivity index (χ2n) is 7.40. The molecule has 0 unspecified atom stereocenters. The third kappa shape index (κ3) is 15.5.